The summed E-state index contributed by atoms with van der Waals surface area (Å²) in [5.74, 6) is -0.289. The van der Waals surface area contributed by atoms with Gasteiger partial charge in [0.15, 0.2) is 0 Å². The van der Waals surface area contributed by atoms with E-state index in [-0.39, 0.29) is 23.9 Å². The van der Waals surface area contributed by atoms with Gasteiger partial charge in [0.1, 0.15) is 0 Å². The van der Waals surface area contributed by atoms with E-state index >= 15 is 0 Å². The highest BCUT2D eigenvalue weighted by Gasteiger charge is 2.21. The summed E-state index contributed by atoms with van der Waals surface area (Å²) in [5.41, 5.74) is -0.256. The van der Waals surface area contributed by atoms with Gasteiger partial charge in [-0.25, -0.2) is 0 Å². The van der Waals surface area contributed by atoms with Gasteiger partial charge < -0.3 is 16.0 Å². The summed E-state index contributed by atoms with van der Waals surface area (Å²) in [6.07, 6.45) is 2.30. The number of nitrogens with one attached hydrogen (secondary N) is 3. The average molecular weight is 227 g/mol. The standard InChI is InChI=1S/C11H21N3O2/c1-11(2,3)14-10(16)7-13-9(15)6-12-8-4-5-8/h8,12H,4-7H2,1-3H3,(H,13,15)(H,14,16). The van der Waals surface area contributed by atoms with Crippen molar-refractivity contribution in [2.45, 2.75) is 45.2 Å². The first-order valence-corrected chi connectivity index (χ1v) is 5.68. The van der Waals surface area contributed by atoms with Gasteiger partial charge in [0, 0.05) is 11.6 Å². The molecule has 0 aromatic carbocycles. The summed E-state index contributed by atoms with van der Waals surface area (Å²) >= 11 is 0. The Morgan fingerprint density at radius 2 is 1.75 bits per heavy atom. The van der Waals surface area contributed by atoms with Crippen LogP contribution >= 0.6 is 0 Å². The third kappa shape index (κ3) is 6.40. The first-order chi connectivity index (χ1) is 7.37. The van der Waals surface area contributed by atoms with E-state index in [1.54, 1.807) is 0 Å². The van der Waals surface area contributed by atoms with Crippen molar-refractivity contribution >= 4 is 11.8 Å². The van der Waals surface area contributed by atoms with E-state index in [0.717, 1.165) is 12.8 Å². The molecule has 1 saturated carbocycles. The SMILES string of the molecule is CC(C)(C)NC(=O)CNC(=O)CNC1CC1. The Labute approximate surface area is 96.4 Å². The molecule has 1 aliphatic carbocycles. The molecule has 0 atom stereocenters. The summed E-state index contributed by atoms with van der Waals surface area (Å²) < 4.78 is 0. The minimum atomic E-state index is -0.256. The molecule has 3 N–H and O–H groups in total. The Morgan fingerprint density at radius 1 is 1.12 bits per heavy atom. The lowest BCUT2D eigenvalue weighted by Crippen LogP contribution is -2.47. The van der Waals surface area contributed by atoms with Gasteiger partial charge in [-0.3, -0.25) is 9.59 Å². The van der Waals surface area contributed by atoms with Crippen LogP contribution < -0.4 is 16.0 Å². The smallest absolute Gasteiger partial charge is 0.239 e. The van der Waals surface area contributed by atoms with Crippen molar-refractivity contribution in [3.05, 3.63) is 0 Å². The van der Waals surface area contributed by atoms with Gasteiger partial charge in [0.25, 0.3) is 0 Å². The maximum absolute atomic E-state index is 11.4. The Morgan fingerprint density at radius 3 is 2.25 bits per heavy atom. The maximum atomic E-state index is 11.4. The molecule has 5 nitrogen and oxygen atoms in total. The zero-order valence-corrected chi connectivity index (χ0v) is 10.2. The van der Waals surface area contributed by atoms with Gasteiger partial charge in [-0.2, -0.15) is 0 Å². The van der Waals surface area contributed by atoms with Gasteiger partial charge in [-0.15, -0.1) is 0 Å². The topological polar surface area (TPSA) is 70.2 Å². The molecule has 1 rings (SSSR count). The molecule has 92 valence electrons. The molecule has 0 aliphatic heterocycles. The van der Waals surface area contributed by atoms with Crippen molar-refractivity contribution in [3.63, 3.8) is 0 Å². The molecule has 0 radical (unpaired) electrons. The van der Waals surface area contributed by atoms with E-state index in [1.165, 1.54) is 0 Å². The molecule has 2 amide bonds. The van der Waals surface area contributed by atoms with Gasteiger partial charge in [-0.1, -0.05) is 0 Å². The van der Waals surface area contributed by atoms with Crippen molar-refractivity contribution < 1.29 is 9.59 Å². The van der Waals surface area contributed by atoms with E-state index in [1.807, 2.05) is 20.8 Å². The molecular weight excluding hydrogens is 206 g/mol. The summed E-state index contributed by atoms with van der Waals surface area (Å²) in [7, 11) is 0. The van der Waals surface area contributed by atoms with Crippen LogP contribution in [0.5, 0.6) is 0 Å². The van der Waals surface area contributed by atoms with Crippen LogP contribution in [0.2, 0.25) is 0 Å². The molecule has 1 fully saturated rings. The Bertz CT molecular complexity index is 267. The lowest BCUT2D eigenvalue weighted by Gasteiger charge is -2.20. The molecule has 0 aromatic heterocycles. The summed E-state index contributed by atoms with van der Waals surface area (Å²) in [6.45, 7) is 6.06. The van der Waals surface area contributed by atoms with Crippen LogP contribution in [0.1, 0.15) is 33.6 Å². The van der Waals surface area contributed by atoms with Crippen molar-refractivity contribution in [2.75, 3.05) is 13.1 Å². The van der Waals surface area contributed by atoms with Gasteiger partial charge >= 0.3 is 0 Å². The Balaban J connectivity index is 2.07. The van der Waals surface area contributed by atoms with Crippen molar-refractivity contribution in [3.8, 4) is 0 Å². The van der Waals surface area contributed by atoms with E-state index < -0.39 is 0 Å². The Hall–Kier alpha value is -1.10. The van der Waals surface area contributed by atoms with Gasteiger partial charge in [-0.05, 0) is 33.6 Å². The summed E-state index contributed by atoms with van der Waals surface area (Å²) in [6, 6.07) is 0.508. The van der Waals surface area contributed by atoms with Crippen LogP contribution in [0.15, 0.2) is 0 Å². The number of amides is 2. The number of carbonyl (C=O) groups excluding carboxylic acids is 2. The minimum absolute atomic E-state index is 0.0441. The third-order valence-electron chi connectivity index (χ3n) is 2.09. The molecular formula is C11H21N3O2. The number of rotatable bonds is 5. The molecule has 0 aromatic rings. The molecule has 0 unspecified atom stereocenters. The second kappa shape index (κ2) is 5.30. The van der Waals surface area contributed by atoms with Crippen LogP contribution in [0.4, 0.5) is 0 Å². The van der Waals surface area contributed by atoms with Crippen molar-refractivity contribution in [1.82, 2.24) is 16.0 Å². The predicted octanol–water partition coefficient (Wildman–Crippen LogP) is -0.231. The molecule has 0 spiro atoms. The zero-order valence-electron chi connectivity index (χ0n) is 10.2. The predicted molar refractivity (Wildman–Crippen MR) is 61.9 cm³/mol. The fourth-order valence-electron chi connectivity index (χ4n) is 1.23. The van der Waals surface area contributed by atoms with Crippen LogP contribution in [-0.2, 0) is 9.59 Å². The monoisotopic (exact) mass is 227 g/mol. The average Bonchev–Trinajstić information content (AvgIpc) is 2.92. The maximum Gasteiger partial charge on any atom is 0.239 e. The highest BCUT2D eigenvalue weighted by atomic mass is 16.2. The number of hydrogen-bond acceptors (Lipinski definition) is 3. The number of hydrogen-bond donors (Lipinski definition) is 3. The van der Waals surface area contributed by atoms with Crippen LogP contribution in [0.3, 0.4) is 0 Å². The molecule has 5 heteroatoms. The number of carbonyl (C=O) groups is 2. The fraction of sp³-hybridized carbons (Fsp3) is 0.818. The van der Waals surface area contributed by atoms with E-state index in [9.17, 15) is 9.59 Å². The summed E-state index contributed by atoms with van der Waals surface area (Å²) in [5, 5.41) is 8.44. The summed E-state index contributed by atoms with van der Waals surface area (Å²) in [4.78, 5) is 22.7. The lowest BCUT2D eigenvalue weighted by molar-refractivity contribution is -0.126. The van der Waals surface area contributed by atoms with Crippen LogP contribution in [0, 0.1) is 0 Å². The molecule has 1 aliphatic rings. The van der Waals surface area contributed by atoms with E-state index in [0.29, 0.717) is 12.6 Å². The third-order valence-corrected chi connectivity index (χ3v) is 2.09. The van der Waals surface area contributed by atoms with Crippen LogP contribution in [0.25, 0.3) is 0 Å². The second-order valence-corrected chi connectivity index (χ2v) is 5.23. The molecule has 16 heavy (non-hydrogen) atoms. The van der Waals surface area contributed by atoms with E-state index in [2.05, 4.69) is 16.0 Å². The highest BCUT2D eigenvalue weighted by Crippen LogP contribution is 2.17. The first-order valence-electron chi connectivity index (χ1n) is 5.68. The van der Waals surface area contributed by atoms with Crippen LogP contribution in [-0.4, -0.2) is 36.5 Å². The Kier molecular flexibility index (Phi) is 4.29. The fourth-order valence-corrected chi connectivity index (χ4v) is 1.23. The lowest BCUT2D eigenvalue weighted by atomic mass is 10.1. The molecule has 0 bridgehead atoms. The molecule has 0 heterocycles. The zero-order chi connectivity index (χ0) is 12.2. The molecule has 0 saturated heterocycles. The highest BCUT2D eigenvalue weighted by molar-refractivity contribution is 5.85. The quantitative estimate of drug-likeness (QED) is 0.607. The first kappa shape index (κ1) is 13.0. The van der Waals surface area contributed by atoms with Gasteiger partial charge in [0.05, 0.1) is 13.1 Å². The van der Waals surface area contributed by atoms with Crippen molar-refractivity contribution in [2.24, 2.45) is 0 Å². The van der Waals surface area contributed by atoms with Gasteiger partial charge in [0.2, 0.25) is 11.8 Å². The normalized spacial score (nSPS) is 15.7. The largest absolute Gasteiger partial charge is 0.350 e. The minimum Gasteiger partial charge on any atom is -0.350 e. The van der Waals surface area contributed by atoms with E-state index in [4.69, 9.17) is 0 Å². The second-order valence-electron chi connectivity index (χ2n) is 5.23. The van der Waals surface area contributed by atoms with Crippen molar-refractivity contribution in [1.29, 1.82) is 0 Å².